The van der Waals surface area contributed by atoms with Crippen molar-refractivity contribution < 1.29 is 9.53 Å². The molecule has 0 unspecified atom stereocenters. The van der Waals surface area contributed by atoms with Crippen LogP contribution in [0.5, 0.6) is 5.75 Å². The van der Waals surface area contributed by atoms with Gasteiger partial charge in [0.1, 0.15) is 5.75 Å². The first-order valence-electron chi connectivity index (χ1n) is 6.87. The molecule has 110 valence electrons. The van der Waals surface area contributed by atoms with Gasteiger partial charge in [-0.1, -0.05) is 42.5 Å². The van der Waals surface area contributed by atoms with Gasteiger partial charge in [-0.15, -0.1) is 0 Å². The topological polar surface area (TPSA) is 64.3 Å². The molecule has 0 aliphatic carbocycles. The molecule has 1 amide bonds. The summed E-state index contributed by atoms with van der Waals surface area (Å²) in [6.45, 7) is 2.27. The van der Waals surface area contributed by atoms with Gasteiger partial charge >= 0.3 is 0 Å². The van der Waals surface area contributed by atoms with Gasteiger partial charge in [-0.3, -0.25) is 4.79 Å². The highest BCUT2D eigenvalue weighted by Crippen LogP contribution is 2.27. The summed E-state index contributed by atoms with van der Waals surface area (Å²) in [5.74, 6) is 0.426. The Kier molecular flexibility index (Phi) is 4.95. The van der Waals surface area contributed by atoms with E-state index >= 15 is 0 Å². The lowest BCUT2D eigenvalue weighted by molar-refractivity contribution is -0.119. The molecule has 2 aromatic rings. The standard InChI is InChI=1S/C17H20N2O2/c1-12(17(18)20)19-11-15-9-8-14(10-16(15)21-2)13-6-4-3-5-7-13/h3-10,12,19H,11H2,1-2H3,(H2,18,20)/t12-/m1/s1. The molecule has 0 fully saturated rings. The first-order valence-corrected chi connectivity index (χ1v) is 6.87. The highest BCUT2D eigenvalue weighted by molar-refractivity contribution is 5.79. The molecule has 21 heavy (non-hydrogen) atoms. The Morgan fingerprint density at radius 3 is 2.52 bits per heavy atom. The van der Waals surface area contributed by atoms with Crippen LogP contribution in [0.15, 0.2) is 48.5 Å². The maximum absolute atomic E-state index is 11.0. The number of nitrogens with two attached hydrogens (primary N) is 1. The molecular weight excluding hydrogens is 264 g/mol. The monoisotopic (exact) mass is 284 g/mol. The van der Waals surface area contributed by atoms with Crippen molar-refractivity contribution in [3.8, 4) is 16.9 Å². The van der Waals surface area contributed by atoms with E-state index in [0.29, 0.717) is 6.54 Å². The number of primary amides is 1. The summed E-state index contributed by atoms with van der Waals surface area (Å²) in [6.07, 6.45) is 0. The van der Waals surface area contributed by atoms with Crippen LogP contribution in [-0.4, -0.2) is 19.1 Å². The predicted molar refractivity (Wildman–Crippen MR) is 83.9 cm³/mol. The molecule has 0 spiro atoms. The first-order chi connectivity index (χ1) is 10.1. The molecule has 0 aliphatic heterocycles. The fraction of sp³-hybridized carbons (Fsp3) is 0.235. The second-order valence-electron chi connectivity index (χ2n) is 4.90. The van der Waals surface area contributed by atoms with Gasteiger partial charge in [0.05, 0.1) is 13.2 Å². The van der Waals surface area contributed by atoms with Crippen molar-refractivity contribution in [3.63, 3.8) is 0 Å². The molecule has 0 saturated carbocycles. The Hall–Kier alpha value is -2.33. The Morgan fingerprint density at radius 1 is 1.19 bits per heavy atom. The van der Waals surface area contributed by atoms with Crippen molar-refractivity contribution in [2.45, 2.75) is 19.5 Å². The molecule has 4 nitrogen and oxygen atoms in total. The molecular formula is C17H20N2O2. The van der Waals surface area contributed by atoms with Crippen molar-refractivity contribution in [2.75, 3.05) is 7.11 Å². The number of ether oxygens (including phenoxy) is 1. The molecule has 0 aromatic heterocycles. The highest BCUT2D eigenvalue weighted by Gasteiger charge is 2.10. The number of hydrogen-bond acceptors (Lipinski definition) is 3. The third-order valence-corrected chi connectivity index (χ3v) is 3.42. The Morgan fingerprint density at radius 2 is 1.90 bits per heavy atom. The lowest BCUT2D eigenvalue weighted by Crippen LogP contribution is -2.38. The maximum Gasteiger partial charge on any atom is 0.234 e. The minimum atomic E-state index is -0.372. The number of carbonyl (C=O) groups excluding carboxylic acids is 1. The van der Waals surface area contributed by atoms with E-state index < -0.39 is 0 Å². The summed E-state index contributed by atoms with van der Waals surface area (Å²) in [6, 6.07) is 15.8. The van der Waals surface area contributed by atoms with Crippen LogP contribution in [0.1, 0.15) is 12.5 Å². The largest absolute Gasteiger partial charge is 0.496 e. The van der Waals surface area contributed by atoms with Crippen molar-refractivity contribution >= 4 is 5.91 Å². The van der Waals surface area contributed by atoms with Crippen LogP contribution in [0.25, 0.3) is 11.1 Å². The number of nitrogens with one attached hydrogen (secondary N) is 1. The van der Waals surface area contributed by atoms with Crippen LogP contribution >= 0.6 is 0 Å². The average molecular weight is 284 g/mol. The summed E-state index contributed by atoms with van der Waals surface area (Å²) in [4.78, 5) is 11.0. The smallest absolute Gasteiger partial charge is 0.234 e. The molecule has 0 radical (unpaired) electrons. The number of hydrogen-bond donors (Lipinski definition) is 2. The van der Waals surface area contributed by atoms with Gasteiger partial charge in [0.2, 0.25) is 5.91 Å². The summed E-state index contributed by atoms with van der Waals surface area (Å²) in [7, 11) is 1.64. The lowest BCUT2D eigenvalue weighted by Gasteiger charge is -2.14. The van der Waals surface area contributed by atoms with Crippen LogP contribution < -0.4 is 15.8 Å². The molecule has 3 N–H and O–H groups in total. The van der Waals surface area contributed by atoms with E-state index in [4.69, 9.17) is 10.5 Å². The van der Waals surface area contributed by atoms with E-state index in [1.54, 1.807) is 14.0 Å². The SMILES string of the molecule is COc1cc(-c2ccccc2)ccc1CN[C@H](C)C(N)=O. The average Bonchev–Trinajstić information content (AvgIpc) is 2.53. The van der Waals surface area contributed by atoms with E-state index in [1.165, 1.54) is 0 Å². The zero-order valence-electron chi connectivity index (χ0n) is 12.3. The van der Waals surface area contributed by atoms with Crippen LogP contribution in [0, 0.1) is 0 Å². The zero-order chi connectivity index (χ0) is 15.2. The van der Waals surface area contributed by atoms with E-state index in [9.17, 15) is 4.79 Å². The summed E-state index contributed by atoms with van der Waals surface area (Å²) >= 11 is 0. The minimum Gasteiger partial charge on any atom is -0.496 e. The second kappa shape index (κ2) is 6.90. The second-order valence-corrected chi connectivity index (χ2v) is 4.90. The minimum absolute atomic E-state index is 0.366. The molecule has 0 bridgehead atoms. The Labute approximate surface area is 124 Å². The van der Waals surface area contributed by atoms with Crippen LogP contribution in [0.2, 0.25) is 0 Å². The van der Waals surface area contributed by atoms with Crippen molar-refractivity contribution in [1.82, 2.24) is 5.32 Å². The Balaban J connectivity index is 2.19. The fourth-order valence-corrected chi connectivity index (χ4v) is 2.06. The summed E-state index contributed by atoms with van der Waals surface area (Å²) in [5, 5.41) is 3.08. The van der Waals surface area contributed by atoms with Gasteiger partial charge in [0.15, 0.2) is 0 Å². The van der Waals surface area contributed by atoms with Gasteiger partial charge in [0.25, 0.3) is 0 Å². The number of methoxy groups -OCH3 is 1. The summed E-state index contributed by atoms with van der Waals surface area (Å²) in [5.41, 5.74) is 8.47. The van der Waals surface area contributed by atoms with Gasteiger partial charge in [-0.25, -0.2) is 0 Å². The Bertz CT molecular complexity index is 611. The van der Waals surface area contributed by atoms with E-state index in [2.05, 4.69) is 17.4 Å². The molecule has 0 aliphatic rings. The summed E-state index contributed by atoms with van der Waals surface area (Å²) < 4.78 is 5.44. The van der Waals surface area contributed by atoms with Gasteiger partial charge in [0, 0.05) is 12.1 Å². The highest BCUT2D eigenvalue weighted by atomic mass is 16.5. The van der Waals surface area contributed by atoms with Crippen LogP contribution in [0.4, 0.5) is 0 Å². The van der Waals surface area contributed by atoms with Crippen molar-refractivity contribution in [2.24, 2.45) is 5.73 Å². The zero-order valence-corrected chi connectivity index (χ0v) is 12.3. The fourth-order valence-electron chi connectivity index (χ4n) is 2.06. The van der Waals surface area contributed by atoms with Crippen molar-refractivity contribution in [1.29, 1.82) is 0 Å². The molecule has 2 aromatic carbocycles. The van der Waals surface area contributed by atoms with Crippen LogP contribution in [0.3, 0.4) is 0 Å². The molecule has 2 rings (SSSR count). The van der Waals surface area contributed by atoms with Crippen LogP contribution in [-0.2, 0) is 11.3 Å². The molecule has 1 atom stereocenters. The lowest BCUT2D eigenvalue weighted by atomic mass is 10.0. The third kappa shape index (κ3) is 3.83. The number of carbonyl (C=O) groups is 1. The number of rotatable bonds is 6. The predicted octanol–water partition coefficient (Wildman–Crippen LogP) is 2.33. The van der Waals surface area contributed by atoms with Crippen molar-refractivity contribution in [3.05, 3.63) is 54.1 Å². The third-order valence-electron chi connectivity index (χ3n) is 3.42. The number of amides is 1. The normalized spacial score (nSPS) is 11.9. The maximum atomic E-state index is 11.0. The van der Waals surface area contributed by atoms with E-state index in [1.807, 2.05) is 36.4 Å². The first kappa shape index (κ1) is 15.1. The van der Waals surface area contributed by atoms with E-state index in [0.717, 1.165) is 22.4 Å². The number of benzene rings is 2. The van der Waals surface area contributed by atoms with Gasteiger partial charge in [-0.05, 0) is 24.1 Å². The van der Waals surface area contributed by atoms with E-state index in [-0.39, 0.29) is 11.9 Å². The molecule has 4 heteroatoms. The van der Waals surface area contributed by atoms with Gasteiger partial charge < -0.3 is 15.8 Å². The quantitative estimate of drug-likeness (QED) is 0.855. The molecule has 0 heterocycles. The molecule has 0 saturated heterocycles. The van der Waals surface area contributed by atoms with Gasteiger partial charge in [-0.2, -0.15) is 0 Å².